The predicted octanol–water partition coefficient (Wildman–Crippen LogP) is 6.47. The number of nitrogens with zero attached hydrogens (tertiary/aromatic N) is 2. The second kappa shape index (κ2) is 12.8. The van der Waals surface area contributed by atoms with Crippen molar-refractivity contribution in [3.05, 3.63) is 108 Å². The Morgan fingerprint density at radius 2 is 1.55 bits per heavy atom. The van der Waals surface area contributed by atoms with Crippen LogP contribution in [0.15, 0.2) is 91.0 Å². The molecule has 4 aromatic rings. The second-order valence-electron chi connectivity index (χ2n) is 11.1. The van der Waals surface area contributed by atoms with Crippen molar-refractivity contribution in [2.45, 2.75) is 51.9 Å². The van der Waals surface area contributed by atoms with Gasteiger partial charge < -0.3 is 0 Å². The van der Waals surface area contributed by atoms with Gasteiger partial charge in [0.2, 0.25) is 0 Å². The van der Waals surface area contributed by atoms with E-state index in [1.54, 1.807) is 9.47 Å². The number of carbonyl (C=O) groups is 3. The predicted molar refractivity (Wildman–Crippen MR) is 165 cm³/mol. The van der Waals surface area contributed by atoms with Crippen LogP contribution in [-0.4, -0.2) is 53.4 Å². The number of amides is 1. The van der Waals surface area contributed by atoms with Gasteiger partial charge in [0.05, 0.1) is 0 Å². The molecule has 42 heavy (non-hydrogen) atoms. The molecule has 1 amide bonds. The standard InChI is InChI=1S/C34H34N2O5Se/c1-34(2,3)41-33(39)36-27-19-11-10-18-26(27)31-28(36)20-12-13-21-35(32(38)40-23-24-14-6-4-7-15-24)29(31)22-30(37)42-25-16-8-5-9-17-25/h4-12,14-20,29H,13,21-23H2,1-3H3/b20-12-. The summed E-state index contributed by atoms with van der Waals surface area (Å²) < 4.78 is 14.2. The summed E-state index contributed by atoms with van der Waals surface area (Å²) in [4.78, 5) is 42.6. The molecule has 5 rings (SSSR count). The maximum absolute atomic E-state index is 13.7. The third-order valence-corrected chi connectivity index (χ3v) is 8.72. The number of rotatable bonds is 6. The van der Waals surface area contributed by atoms with Gasteiger partial charge in [0, 0.05) is 0 Å². The third-order valence-electron chi connectivity index (χ3n) is 6.82. The Bertz CT molecular complexity index is 1610. The van der Waals surface area contributed by atoms with Gasteiger partial charge in [-0.15, -0.1) is 0 Å². The van der Waals surface area contributed by atoms with Crippen molar-refractivity contribution in [2.24, 2.45) is 0 Å². The van der Waals surface area contributed by atoms with Gasteiger partial charge in [0.1, 0.15) is 0 Å². The number of hydrogen-bond donors (Lipinski definition) is 0. The first kappa shape index (κ1) is 29.4. The van der Waals surface area contributed by atoms with Gasteiger partial charge in [-0.2, -0.15) is 0 Å². The SMILES string of the molecule is CC(C)(C)OC(=O)n1c2c(c3ccccc31)C(CC(=O)[Se]c1ccccc1)N(C(=O)OCc1ccccc1)CC/C=C\2. The average Bonchev–Trinajstić information content (AvgIpc) is 3.27. The van der Waals surface area contributed by atoms with Gasteiger partial charge in [0.25, 0.3) is 0 Å². The molecule has 0 saturated heterocycles. The molecular formula is C34H34N2O5Se. The molecule has 0 bridgehead atoms. The molecule has 1 unspecified atom stereocenters. The Balaban J connectivity index is 1.59. The van der Waals surface area contributed by atoms with E-state index < -0.39 is 38.8 Å². The molecule has 1 aliphatic heterocycles. The first-order valence-corrected chi connectivity index (χ1v) is 15.7. The van der Waals surface area contributed by atoms with Crippen molar-refractivity contribution in [1.29, 1.82) is 0 Å². The van der Waals surface area contributed by atoms with Crippen LogP contribution in [0.2, 0.25) is 0 Å². The minimum atomic E-state index is -0.707. The van der Waals surface area contributed by atoms with Crippen molar-refractivity contribution in [1.82, 2.24) is 9.47 Å². The van der Waals surface area contributed by atoms with Crippen molar-refractivity contribution >= 4 is 53.3 Å². The number of benzene rings is 3. The topological polar surface area (TPSA) is 77.8 Å². The fraction of sp³-hybridized carbons (Fsp3) is 0.265. The average molecular weight is 630 g/mol. The Morgan fingerprint density at radius 1 is 0.881 bits per heavy atom. The van der Waals surface area contributed by atoms with Crippen LogP contribution < -0.4 is 4.46 Å². The molecule has 1 atom stereocenters. The molecule has 0 aliphatic carbocycles. The third kappa shape index (κ3) is 6.84. The first-order chi connectivity index (χ1) is 20.2. The quantitative estimate of drug-likeness (QED) is 0.229. The van der Waals surface area contributed by atoms with E-state index in [0.717, 1.165) is 21.0 Å². The van der Waals surface area contributed by atoms with Gasteiger partial charge in [-0.1, -0.05) is 0 Å². The van der Waals surface area contributed by atoms with E-state index in [4.69, 9.17) is 9.47 Å². The van der Waals surface area contributed by atoms with Crippen molar-refractivity contribution in [2.75, 3.05) is 6.54 Å². The summed E-state index contributed by atoms with van der Waals surface area (Å²) in [6.07, 6.45) is 3.47. The zero-order valence-electron chi connectivity index (χ0n) is 24.0. The van der Waals surface area contributed by atoms with Crippen molar-refractivity contribution in [3.63, 3.8) is 0 Å². The zero-order chi connectivity index (χ0) is 29.7. The Kier molecular flexibility index (Phi) is 8.95. The van der Waals surface area contributed by atoms with E-state index in [2.05, 4.69) is 0 Å². The van der Waals surface area contributed by atoms with E-state index in [1.165, 1.54) is 0 Å². The van der Waals surface area contributed by atoms with Gasteiger partial charge >= 0.3 is 253 Å². The number of ether oxygens (including phenoxy) is 2. The van der Waals surface area contributed by atoms with Crippen LogP contribution in [0, 0.1) is 0 Å². The van der Waals surface area contributed by atoms with Crippen LogP contribution in [0.1, 0.15) is 56.5 Å². The van der Waals surface area contributed by atoms with E-state index >= 15 is 0 Å². The first-order valence-electron chi connectivity index (χ1n) is 14.0. The summed E-state index contributed by atoms with van der Waals surface area (Å²) in [5, 5.41) is 0.788. The second-order valence-corrected chi connectivity index (χ2v) is 13.4. The Labute approximate surface area is 252 Å². The molecule has 2 heterocycles. The molecule has 216 valence electrons. The van der Waals surface area contributed by atoms with Crippen molar-refractivity contribution in [3.8, 4) is 0 Å². The molecule has 7 nitrogen and oxygen atoms in total. The summed E-state index contributed by atoms with van der Waals surface area (Å²) >= 11 is -0.442. The minimum absolute atomic E-state index is 0.0455. The number of hydrogen-bond acceptors (Lipinski definition) is 5. The molecule has 8 heteroatoms. The van der Waals surface area contributed by atoms with Crippen LogP contribution in [0.5, 0.6) is 0 Å². The number of para-hydroxylation sites is 1. The van der Waals surface area contributed by atoms with E-state index in [1.807, 2.05) is 118 Å². The summed E-state index contributed by atoms with van der Waals surface area (Å²) in [5.74, 6) is 0. The van der Waals surface area contributed by atoms with Crippen LogP contribution in [0.4, 0.5) is 9.59 Å². The maximum atomic E-state index is 13.7. The van der Waals surface area contributed by atoms with E-state index in [9.17, 15) is 14.4 Å². The molecule has 0 saturated carbocycles. The van der Waals surface area contributed by atoms with Crippen LogP contribution in [-0.2, 0) is 20.9 Å². The molecule has 0 radical (unpaired) electrons. The van der Waals surface area contributed by atoms with Crippen LogP contribution >= 0.6 is 0 Å². The number of carbonyl (C=O) groups excluding carboxylic acids is 3. The fourth-order valence-corrected chi connectivity index (χ4v) is 6.75. The van der Waals surface area contributed by atoms with Gasteiger partial charge in [0.15, 0.2) is 0 Å². The molecule has 1 aliphatic rings. The zero-order valence-corrected chi connectivity index (χ0v) is 25.7. The molecule has 3 aromatic carbocycles. The normalized spacial score (nSPS) is 15.8. The van der Waals surface area contributed by atoms with Gasteiger partial charge in [-0.25, -0.2) is 0 Å². The van der Waals surface area contributed by atoms with Crippen LogP contribution in [0.25, 0.3) is 17.0 Å². The molecule has 0 spiro atoms. The molecular weight excluding hydrogens is 595 g/mol. The Hall–Kier alpha value is -4.13. The summed E-state index contributed by atoms with van der Waals surface area (Å²) in [7, 11) is 0. The Morgan fingerprint density at radius 3 is 2.26 bits per heavy atom. The summed E-state index contributed by atoms with van der Waals surface area (Å²) in [6, 6.07) is 26.1. The summed E-state index contributed by atoms with van der Waals surface area (Å²) in [6.45, 7) is 5.97. The molecule has 0 N–H and O–H groups in total. The molecule has 0 fully saturated rings. The monoisotopic (exact) mass is 630 g/mol. The molecule has 1 aromatic heterocycles. The number of aromatic nitrogens is 1. The van der Waals surface area contributed by atoms with Gasteiger partial charge in [-0.3, -0.25) is 0 Å². The summed E-state index contributed by atoms with van der Waals surface area (Å²) in [5.41, 5.74) is 2.17. The fourth-order valence-electron chi connectivity index (χ4n) is 5.08. The van der Waals surface area contributed by atoms with Crippen molar-refractivity contribution < 1.29 is 23.9 Å². The van der Waals surface area contributed by atoms with Gasteiger partial charge in [-0.05, 0) is 0 Å². The van der Waals surface area contributed by atoms with Crippen LogP contribution in [0.3, 0.4) is 0 Å². The van der Waals surface area contributed by atoms with E-state index in [0.29, 0.717) is 24.2 Å². The number of fused-ring (bicyclic) bond motifs is 3. The van der Waals surface area contributed by atoms with E-state index in [-0.39, 0.29) is 17.7 Å².